The van der Waals surface area contributed by atoms with Gasteiger partial charge in [-0.3, -0.25) is 4.79 Å². The molecule has 0 heterocycles. The van der Waals surface area contributed by atoms with Gasteiger partial charge in [0.05, 0.1) is 12.0 Å². The van der Waals surface area contributed by atoms with Crippen molar-refractivity contribution >= 4 is 5.97 Å². The van der Waals surface area contributed by atoms with E-state index in [1.54, 1.807) is 0 Å². The first kappa shape index (κ1) is 9.48. The molecule has 0 amide bonds. The molecule has 0 aromatic heterocycles. The van der Waals surface area contributed by atoms with Crippen LogP contribution in [0.3, 0.4) is 0 Å². The van der Waals surface area contributed by atoms with Crippen LogP contribution in [0.25, 0.3) is 0 Å². The van der Waals surface area contributed by atoms with Crippen molar-refractivity contribution in [2.45, 2.75) is 25.4 Å². The first-order chi connectivity index (χ1) is 5.49. The number of carboxylic acids is 1. The maximum Gasteiger partial charge on any atom is 0.306 e. The fraction of sp³-hybridized carbons (Fsp3) is 0.875. The lowest BCUT2D eigenvalue weighted by Gasteiger charge is -2.24. The van der Waals surface area contributed by atoms with Crippen molar-refractivity contribution in [1.29, 1.82) is 0 Å². The van der Waals surface area contributed by atoms with E-state index < -0.39 is 11.6 Å². The summed E-state index contributed by atoms with van der Waals surface area (Å²) < 4.78 is 0. The topological polar surface area (TPSA) is 83.5 Å². The molecule has 0 radical (unpaired) electrons. The van der Waals surface area contributed by atoms with Gasteiger partial charge in [-0.05, 0) is 18.3 Å². The second kappa shape index (κ2) is 3.03. The first-order valence-electron chi connectivity index (χ1n) is 4.14. The molecule has 1 fully saturated rings. The van der Waals surface area contributed by atoms with Crippen LogP contribution >= 0.6 is 0 Å². The Bertz CT molecular complexity index is 195. The van der Waals surface area contributed by atoms with Gasteiger partial charge in [0.2, 0.25) is 0 Å². The molecule has 0 saturated heterocycles. The molecular formula is C8H15NO3. The van der Waals surface area contributed by atoms with E-state index in [4.69, 9.17) is 10.8 Å². The van der Waals surface area contributed by atoms with Crippen LogP contribution in [0, 0.1) is 11.8 Å². The van der Waals surface area contributed by atoms with E-state index in [2.05, 4.69) is 0 Å². The second-order valence-electron chi connectivity index (χ2n) is 3.70. The number of nitrogens with two attached hydrogens (primary N) is 1. The van der Waals surface area contributed by atoms with E-state index in [0.717, 1.165) is 6.42 Å². The van der Waals surface area contributed by atoms with Crippen LogP contribution in [-0.4, -0.2) is 28.3 Å². The summed E-state index contributed by atoms with van der Waals surface area (Å²) in [5.41, 5.74) is 4.17. The average molecular weight is 173 g/mol. The Kier molecular flexibility index (Phi) is 2.39. The van der Waals surface area contributed by atoms with Crippen LogP contribution in [-0.2, 0) is 4.79 Å². The van der Waals surface area contributed by atoms with Crippen molar-refractivity contribution in [1.82, 2.24) is 0 Å². The van der Waals surface area contributed by atoms with E-state index >= 15 is 0 Å². The molecule has 4 heteroatoms. The number of carbonyl (C=O) groups is 1. The largest absolute Gasteiger partial charge is 0.481 e. The van der Waals surface area contributed by atoms with Gasteiger partial charge < -0.3 is 15.9 Å². The SMILES string of the molecule is CC1CC1C(O)(CN)CC(=O)O. The number of rotatable bonds is 4. The third-order valence-corrected chi connectivity index (χ3v) is 2.61. The zero-order valence-corrected chi connectivity index (χ0v) is 7.16. The maximum atomic E-state index is 10.4. The second-order valence-corrected chi connectivity index (χ2v) is 3.70. The summed E-state index contributed by atoms with van der Waals surface area (Å²) in [6.07, 6.45) is 0.652. The van der Waals surface area contributed by atoms with Gasteiger partial charge in [0.25, 0.3) is 0 Å². The Labute approximate surface area is 71.4 Å². The van der Waals surface area contributed by atoms with Gasteiger partial charge in [-0.1, -0.05) is 6.92 Å². The molecule has 0 aliphatic heterocycles. The standard InChI is InChI=1S/C8H15NO3/c1-5-2-6(5)8(12,4-9)3-7(10)11/h5-6,12H,2-4,9H2,1H3,(H,10,11). The molecule has 1 aliphatic carbocycles. The van der Waals surface area contributed by atoms with Gasteiger partial charge in [0.15, 0.2) is 0 Å². The number of carboxylic acid groups (broad SMARTS) is 1. The third kappa shape index (κ3) is 1.76. The Morgan fingerprint density at radius 1 is 1.75 bits per heavy atom. The number of hydrogen-bond donors (Lipinski definition) is 3. The van der Waals surface area contributed by atoms with E-state index in [0.29, 0.717) is 5.92 Å². The van der Waals surface area contributed by atoms with E-state index in [1.807, 2.05) is 6.92 Å². The Morgan fingerprint density at radius 3 is 2.50 bits per heavy atom. The fourth-order valence-corrected chi connectivity index (χ4v) is 1.69. The maximum absolute atomic E-state index is 10.4. The quantitative estimate of drug-likeness (QED) is 0.550. The number of hydrogen-bond acceptors (Lipinski definition) is 3. The lowest BCUT2D eigenvalue weighted by molar-refractivity contribution is -0.143. The Balaban J connectivity index is 2.56. The normalized spacial score (nSPS) is 32.6. The molecular weight excluding hydrogens is 158 g/mol. The molecule has 1 aliphatic rings. The van der Waals surface area contributed by atoms with Crippen LogP contribution in [0.4, 0.5) is 0 Å². The zero-order chi connectivity index (χ0) is 9.35. The van der Waals surface area contributed by atoms with Crippen molar-refractivity contribution < 1.29 is 15.0 Å². The molecule has 3 atom stereocenters. The van der Waals surface area contributed by atoms with E-state index in [-0.39, 0.29) is 18.9 Å². The summed E-state index contributed by atoms with van der Waals surface area (Å²) in [7, 11) is 0. The van der Waals surface area contributed by atoms with Crippen LogP contribution in [0.1, 0.15) is 19.8 Å². The molecule has 0 aromatic rings. The highest BCUT2D eigenvalue weighted by atomic mass is 16.4. The van der Waals surface area contributed by atoms with Crippen LogP contribution in [0.15, 0.2) is 0 Å². The predicted octanol–water partition coefficient (Wildman–Crippen LogP) is -0.193. The highest BCUT2D eigenvalue weighted by Gasteiger charge is 2.49. The monoisotopic (exact) mass is 173 g/mol. The Morgan fingerprint density at radius 2 is 2.25 bits per heavy atom. The smallest absolute Gasteiger partial charge is 0.306 e. The molecule has 4 nitrogen and oxygen atoms in total. The molecule has 0 aromatic carbocycles. The van der Waals surface area contributed by atoms with E-state index in [1.165, 1.54) is 0 Å². The molecule has 12 heavy (non-hydrogen) atoms. The lowest BCUT2D eigenvalue weighted by atomic mass is 9.93. The zero-order valence-electron chi connectivity index (χ0n) is 7.16. The van der Waals surface area contributed by atoms with Gasteiger partial charge in [0.1, 0.15) is 0 Å². The van der Waals surface area contributed by atoms with Crippen LogP contribution in [0.2, 0.25) is 0 Å². The highest BCUT2D eigenvalue weighted by Crippen LogP contribution is 2.46. The van der Waals surface area contributed by atoms with Crippen molar-refractivity contribution in [2.75, 3.05) is 6.54 Å². The van der Waals surface area contributed by atoms with Gasteiger partial charge in [-0.2, -0.15) is 0 Å². The molecule has 4 N–H and O–H groups in total. The van der Waals surface area contributed by atoms with Crippen molar-refractivity contribution in [2.24, 2.45) is 17.6 Å². The molecule has 0 spiro atoms. The summed E-state index contributed by atoms with van der Waals surface area (Å²) in [5.74, 6) is -0.487. The van der Waals surface area contributed by atoms with Gasteiger partial charge >= 0.3 is 5.97 Å². The molecule has 0 bridgehead atoms. The molecule has 1 rings (SSSR count). The first-order valence-corrected chi connectivity index (χ1v) is 4.14. The summed E-state index contributed by atoms with van der Waals surface area (Å²) in [4.78, 5) is 10.4. The minimum absolute atomic E-state index is 0.0360. The van der Waals surface area contributed by atoms with Crippen LogP contribution < -0.4 is 5.73 Å². The van der Waals surface area contributed by atoms with E-state index in [9.17, 15) is 9.90 Å². The van der Waals surface area contributed by atoms with Crippen molar-refractivity contribution in [3.8, 4) is 0 Å². The summed E-state index contributed by atoms with van der Waals surface area (Å²) in [5, 5.41) is 18.3. The fourth-order valence-electron chi connectivity index (χ4n) is 1.69. The van der Waals surface area contributed by atoms with Crippen molar-refractivity contribution in [3.05, 3.63) is 0 Å². The molecule has 3 unspecified atom stereocenters. The van der Waals surface area contributed by atoms with Gasteiger partial charge in [-0.25, -0.2) is 0 Å². The Hall–Kier alpha value is -0.610. The predicted molar refractivity (Wildman–Crippen MR) is 43.5 cm³/mol. The minimum Gasteiger partial charge on any atom is -0.481 e. The molecule has 1 saturated carbocycles. The summed E-state index contributed by atoms with van der Waals surface area (Å²) >= 11 is 0. The highest BCUT2D eigenvalue weighted by molar-refractivity contribution is 5.68. The summed E-state index contributed by atoms with van der Waals surface area (Å²) in [6.45, 7) is 2.03. The number of aliphatic carboxylic acids is 1. The number of aliphatic hydroxyl groups is 1. The molecule has 70 valence electrons. The van der Waals surface area contributed by atoms with Crippen LogP contribution in [0.5, 0.6) is 0 Å². The third-order valence-electron chi connectivity index (χ3n) is 2.61. The van der Waals surface area contributed by atoms with Gasteiger partial charge in [-0.15, -0.1) is 0 Å². The minimum atomic E-state index is -1.18. The van der Waals surface area contributed by atoms with Gasteiger partial charge in [0, 0.05) is 6.54 Å². The average Bonchev–Trinajstić information content (AvgIpc) is 2.66. The lowest BCUT2D eigenvalue weighted by Crippen LogP contribution is -2.42. The summed E-state index contributed by atoms with van der Waals surface area (Å²) in [6, 6.07) is 0. The van der Waals surface area contributed by atoms with Crippen molar-refractivity contribution in [3.63, 3.8) is 0 Å².